The summed E-state index contributed by atoms with van der Waals surface area (Å²) in [5.41, 5.74) is 1.85. The number of rotatable bonds is 4. The van der Waals surface area contributed by atoms with E-state index in [2.05, 4.69) is 0 Å². The third kappa shape index (κ3) is 3.66. The third-order valence-electron chi connectivity index (χ3n) is 4.18. The normalized spacial score (nSPS) is 18.5. The monoisotopic (exact) mass is 318 g/mol. The first-order chi connectivity index (χ1) is 10.8. The predicted octanol–water partition coefficient (Wildman–Crippen LogP) is 2.61. The summed E-state index contributed by atoms with van der Waals surface area (Å²) in [6.45, 7) is 8.85. The second-order valence-electron chi connectivity index (χ2n) is 6.53. The van der Waals surface area contributed by atoms with E-state index >= 15 is 0 Å². The lowest BCUT2D eigenvalue weighted by molar-refractivity contribution is -0.141. The van der Waals surface area contributed by atoms with Crippen LogP contribution in [-0.4, -0.2) is 43.0 Å². The van der Waals surface area contributed by atoms with Crippen LogP contribution in [0.1, 0.15) is 32.8 Å². The van der Waals surface area contributed by atoms with E-state index in [1.807, 2.05) is 39.0 Å². The number of piperazine rings is 1. The van der Waals surface area contributed by atoms with Gasteiger partial charge < -0.3 is 14.5 Å². The zero-order chi connectivity index (χ0) is 17.1. The van der Waals surface area contributed by atoms with Crippen molar-refractivity contribution in [2.24, 2.45) is 5.92 Å². The second kappa shape index (κ2) is 7.02. The molecule has 1 atom stereocenters. The number of aryl methyl sites for hydroxylation is 1. The van der Waals surface area contributed by atoms with Crippen molar-refractivity contribution < 1.29 is 14.3 Å². The van der Waals surface area contributed by atoms with Gasteiger partial charge in [0.05, 0.1) is 12.8 Å². The first-order valence-corrected chi connectivity index (χ1v) is 8.10. The average Bonchev–Trinajstić information content (AvgIpc) is 2.49. The Morgan fingerprint density at radius 3 is 2.65 bits per heavy atom. The Morgan fingerprint density at radius 1 is 1.35 bits per heavy atom. The highest BCUT2D eigenvalue weighted by atomic mass is 16.5. The van der Waals surface area contributed by atoms with Gasteiger partial charge in [-0.2, -0.15) is 0 Å². The Labute approximate surface area is 138 Å². The largest absolute Gasteiger partial charge is 0.495 e. The molecule has 1 aliphatic heterocycles. The summed E-state index contributed by atoms with van der Waals surface area (Å²) in [4.78, 5) is 28.5. The van der Waals surface area contributed by atoms with Gasteiger partial charge >= 0.3 is 0 Å². The van der Waals surface area contributed by atoms with Crippen molar-refractivity contribution in [3.8, 4) is 5.75 Å². The molecule has 0 spiro atoms. The van der Waals surface area contributed by atoms with Crippen LogP contribution >= 0.6 is 0 Å². The molecule has 1 fully saturated rings. The van der Waals surface area contributed by atoms with Crippen LogP contribution < -0.4 is 9.64 Å². The van der Waals surface area contributed by atoms with Gasteiger partial charge in [0.25, 0.3) is 0 Å². The maximum absolute atomic E-state index is 12.8. The highest BCUT2D eigenvalue weighted by molar-refractivity contribution is 6.01. The zero-order valence-electron chi connectivity index (χ0n) is 14.6. The molecule has 23 heavy (non-hydrogen) atoms. The van der Waals surface area contributed by atoms with Gasteiger partial charge in [0.1, 0.15) is 11.8 Å². The van der Waals surface area contributed by atoms with E-state index in [0.29, 0.717) is 31.2 Å². The van der Waals surface area contributed by atoms with Crippen molar-refractivity contribution in [2.45, 2.75) is 40.2 Å². The number of ether oxygens (including phenoxy) is 1. The molecule has 5 nitrogen and oxygen atoms in total. The Hall–Kier alpha value is -2.04. The molecule has 5 heteroatoms. The summed E-state index contributed by atoms with van der Waals surface area (Å²) in [7, 11) is 1.60. The smallest absolute Gasteiger partial charge is 0.249 e. The van der Waals surface area contributed by atoms with Gasteiger partial charge in [-0.1, -0.05) is 19.9 Å². The molecule has 0 N–H and O–H groups in total. The summed E-state index contributed by atoms with van der Waals surface area (Å²) in [6.07, 6.45) is 0.478. The van der Waals surface area contributed by atoms with Crippen LogP contribution in [0.25, 0.3) is 0 Å². The standard InChI is InChI=1S/C18H26N2O3/c1-12(2)10-17(21)19-8-9-20(18(22)14(19)4)15-11-13(3)6-7-16(15)23-5/h6-7,11-12,14H,8-10H2,1-5H3. The van der Waals surface area contributed by atoms with E-state index < -0.39 is 6.04 Å². The number of benzene rings is 1. The molecule has 2 rings (SSSR count). The summed E-state index contributed by atoms with van der Waals surface area (Å²) >= 11 is 0. The van der Waals surface area contributed by atoms with Crippen LogP contribution in [0.4, 0.5) is 5.69 Å². The minimum Gasteiger partial charge on any atom is -0.495 e. The molecule has 0 bridgehead atoms. The zero-order valence-corrected chi connectivity index (χ0v) is 14.6. The number of hydrogen-bond donors (Lipinski definition) is 0. The van der Waals surface area contributed by atoms with Crippen LogP contribution in [0.2, 0.25) is 0 Å². The minimum atomic E-state index is -0.444. The number of anilines is 1. The van der Waals surface area contributed by atoms with Crippen molar-refractivity contribution in [2.75, 3.05) is 25.1 Å². The molecule has 1 saturated heterocycles. The fourth-order valence-corrected chi connectivity index (χ4v) is 2.93. The van der Waals surface area contributed by atoms with Gasteiger partial charge in [-0.3, -0.25) is 9.59 Å². The molecule has 1 unspecified atom stereocenters. The van der Waals surface area contributed by atoms with Crippen molar-refractivity contribution in [1.29, 1.82) is 0 Å². The van der Waals surface area contributed by atoms with Gasteiger partial charge in [-0.15, -0.1) is 0 Å². The van der Waals surface area contributed by atoms with E-state index in [0.717, 1.165) is 11.3 Å². The van der Waals surface area contributed by atoms with Crippen molar-refractivity contribution in [3.63, 3.8) is 0 Å². The van der Waals surface area contributed by atoms with Gasteiger partial charge in [-0.25, -0.2) is 0 Å². The Bertz CT molecular complexity index is 598. The summed E-state index contributed by atoms with van der Waals surface area (Å²) in [5.74, 6) is 0.965. The van der Waals surface area contributed by atoms with E-state index in [-0.39, 0.29) is 11.8 Å². The molecule has 1 aromatic carbocycles. The Morgan fingerprint density at radius 2 is 2.04 bits per heavy atom. The predicted molar refractivity (Wildman–Crippen MR) is 90.7 cm³/mol. The van der Waals surface area contributed by atoms with Gasteiger partial charge in [0, 0.05) is 19.5 Å². The van der Waals surface area contributed by atoms with Crippen molar-refractivity contribution in [1.82, 2.24) is 4.90 Å². The average molecular weight is 318 g/mol. The molecule has 1 heterocycles. The molecule has 0 radical (unpaired) electrons. The quantitative estimate of drug-likeness (QED) is 0.857. The van der Waals surface area contributed by atoms with Crippen molar-refractivity contribution in [3.05, 3.63) is 23.8 Å². The maximum Gasteiger partial charge on any atom is 0.249 e. The lowest BCUT2D eigenvalue weighted by Crippen LogP contribution is -2.58. The molecule has 0 saturated carbocycles. The lowest BCUT2D eigenvalue weighted by Gasteiger charge is -2.39. The van der Waals surface area contributed by atoms with E-state index in [4.69, 9.17) is 4.74 Å². The second-order valence-corrected chi connectivity index (χ2v) is 6.53. The Balaban J connectivity index is 2.22. The number of carbonyl (C=O) groups is 2. The molecule has 1 aromatic rings. The number of carbonyl (C=O) groups excluding carboxylic acids is 2. The maximum atomic E-state index is 12.8. The summed E-state index contributed by atoms with van der Waals surface area (Å²) in [5, 5.41) is 0. The first kappa shape index (κ1) is 17.3. The van der Waals surface area contributed by atoms with Gasteiger partial charge in [-0.05, 0) is 37.5 Å². The van der Waals surface area contributed by atoms with E-state index in [9.17, 15) is 9.59 Å². The van der Waals surface area contributed by atoms with Crippen LogP contribution in [0, 0.1) is 12.8 Å². The molecule has 0 aliphatic carbocycles. The number of nitrogens with zero attached hydrogens (tertiary/aromatic N) is 2. The van der Waals surface area contributed by atoms with Gasteiger partial charge in [0.15, 0.2) is 0 Å². The van der Waals surface area contributed by atoms with Crippen molar-refractivity contribution >= 4 is 17.5 Å². The fourth-order valence-electron chi connectivity index (χ4n) is 2.93. The highest BCUT2D eigenvalue weighted by Crippen LogP contribution is 2.31. The third-order valence-corrected chi connectivity index (χ3v) is 4.18. The molecule has 2 amide bonds. The molecular weight excluding hydrogens is 292 g/mol. The minimum absolute atomic E-state index is 0.0525. The van der Waals surface area contributed by atoms with E-state index in [1.165, 1.54) is 0 Å². The fraction of sp³-hybridized carbons (Fsp3) is 0.556. The lowest BCUT2D eigenvalue weighted by atomic mass is 10.1. The topological polar surface area (TPSA) is 49.9 Å². The van der Waals surface area contributed by atoms with Crippen LogP contribution in [-0.2, 0) is 9.59 Å². The summed E-state index contributed by atoms with van der Waals surface area (Å²) in [6, 6.07) is 5.34. The number of hydrogen-bond acceptors (Lipinski definition) is 3. The SMILES string of the molecule is COc1ccc(C)cc1N1CCN(C(=O)CC(C)C)C(C)C1=O. The van der Waals surface area contributed by atoms with E-state index in [1.54, 1.807) is 23.8 Å². The molecule has 0 aromatic heterocycles. The molecular formula is C18H26N2O3. The molecule has 1 aliphatic rings. The highest BCUT2D eigenvalue weighted by Gasteiger charge is 2.35. The Kier molecular flexibility index (Phi) is 5.29. The summed E-state index contributed by atoms with van der Waals surface area (Å²) < 4.78 is 5.39. The van der Waals surface area contributed by atoms with Crippen LogP contribution in [0.3, 0.4) is 0 Å². The van der Waals surface area contributed by atoms with Crippen LogP contribution in [0.15, 0.2) is 18.2 Å². The first-order valence-electron chi connectivity index (χ1n) is 8.10. The number of methoxy groups -OCH3 is 1. The molecule has 126 valence electrons. The van der Waals surface area contributed by atoms with Gasteiger partial charge in [0.2, 0.25) is 11.8 Å². The number of amides is 2. The van der Waals surface area contributed by atoms with Crippen LogP contribution in [0.5, 0.6) is 5.75 Å².